The van der Waals surface area contributed by atoms with Crippen LogP contribution in [-0.4, -0.2) is 37.3 Å². The summed E-state index contributed by atoms with van der Waals surface area (Å²) >= 11 is 0. The minimum absolute atomic E-state index is 0.0784. The standard InChI is InChI=1S/C27H41NO3/c1-20-11-10-17-27(5,6)23(20)15-14-21-12-9-13-22(19-21)24(30-8)16-18-28(7)25(29)31-26(2,3)4/h9,12-15,19,24H,10-11,16-18H2,1-8H3. The molecule has 0 bridgehead atoms. The molecule has 1 aliphatic carbocycles. The lowest BCUT2D eigenvalue weighted by atomic mass is 9.72. The molecule has 0 aliphatic heterocycles. The Morgan fingerprint density at radius 2 is 1.97 bits per heavy atom. The van der Waals surface area contributed by atoms with Gasteiger partial charge in [-0.2, -0.15) is 0 Å². The fourth-order valence-corrected chi connectivity index (χ4v) is 4.22. The number of benzene rings is 1. The SMILES string of the molecule is COC(CCN(C)C(=O)OC(C)(C)C)c1cccc(C=CC2=C(C)CCCC2(C)C)c1. The van der Waals surface area contributed by atoms with Crippen LogP contribution in [0.15, 0.2) is 41.5 Å². The van der Waals surface area contributed by atoms with Gasteiger partial charge in [-0.05, 0) is 81.6 Å². The summed E-state index contributed by atoms with van der Waals surface area (Å²) in [5.41, 5.74) is 5.00. The number of rotatable bonds is 7. The molecule has 0 aromatic heterocycles. The fraction of sp³-hybridized carbons (Fsp3) is 0.593. The van der Waals surface area contributed by atoms with Crippen molar-refractivity contribution in [1.29, 1.82) is 0 Å². The van der Waals surface area contributed by atoms with Gasteiger partial charge in [0.25, 0.3) is 0 Å². The number of hydrogen-bond acceptors (Lipinski definition) is 3. The van der Waals surface area contributed by atoms with E-state index in [0.29, 0.717) is 13.0 Å². The van der Waals surface area contributed by atoms with Crippen LogP contribution in [0.4, 0.5) is 4.79 Å². The molecule has 31 heavy (non-hydrogen) atoms. The highest BCUT2D eigenvalue weighted by atomic mass is 16.6. The maximum absolute atomic E-state index is 12.2. The van der Waals surface area contributed by atoms with Gasteiger partial charge in [0.2, 0.25) is 0 Å². The van der Waals surface area contributed by atoms with Gasteiger partial charge in [-0.3, -0.25) is 0 Å². The van der Waals surface area contributed by atoms with E-state index in [4.69, 9.17) is 9.47 Å². The van der Waals surface area contributed by atoms with Crippen molar-refractivity contribution < 1.29 is 14.3 Å². The zero-order valence-electron chi connectivity index (χ0n) is 20.7. The van der Waals surface area contributed by atoms with E-state index in [-0.39, 0.29) is 17.6 Å². The molecular formula is C27H41NO3. The first kappa shape index (κ1) is 25.2. The third kappa shape index (κ3) is 7.53. The summed E-state index contributed by atoms with van der Waals surface area (Å²) < 4.78 is 11.2. The fourth-order valence-electron chi connectivity index (χ4n) is 4.22. The van der Waals surface area contributed by atoms with Gasteiger partial charge in [-0.1, -0.05) is 49.8 Å². The van der Waals surface area contributed by atoms with Crippen molar-refractivity contribution in [3.8, 4) is 0 Å². The molecule has 2 rings (SSSR count). The lowest BCUT2D eigenvalue weighted by molar-refractivity contribution is 0.0250. The van der Waals surface area contributed by atoms with E-state index >= 15 is 0 Å². The molecule has 1 amide bonds. The summed E-state index contributed by atoms with van der Waals surface area (Å²) in [5.74, 6) is 0. The van der Waals surface area contributed by atoms with Crippen molar-refractivity contribution in [2.24, 2.45) is 5.41 Å². The molecular weight excluding hydrogens is 386 g/mol. The summed E-state index contributed by atoms with van der Waals surface area (Å²) in [6.07, 6.45) is 8.54. The first-order valence-electron chi connectivity index (χ1n) is 11.4. The molecule has 1 aliphatic rings. The van der Waals surface area contributed by atoms with Crippen molar-refractivity contribution in [1.82, 2.24) is 4.90 Å². The average Bonchev–Trinajstić information content (AvgIpc) is 2.66. The van der Waals surface area contributed by atoms with E-state index < -0.39 is 5.60 Å². The van der Waals surface area contributed by atoms with Crippen LogP contribution in [0.25, 0.3) is 6.08 Å². The normalized spacial score (nSPS) is 17.7. The van der Waals surface area contributed by atoms with Crippen LogP contribution in [-0.2, 0) is 9.47 Å². The number of carbonyl (C=O) groups excluding carboxylic acids is 1. The van der Waals surface area contributed by atoms with Gasteiger partial charge in [-0.15, -0.1) is 0 Å². The highest BCUT2D eigenvalue weighted by molar-refractivity contribution is 5.67. The molecule has 4 nitrogen and oxygen atoms in total. The lowest BCUT2D eigenvalue weighted by Crippen LogP contribution is -2.35. The number of amides is 1. The van der Waals surface area contributed by atoms with E-state index in [1.165, 1.54) is 36.0 Å². The molecule has 4 heteroatoms. The second-order valence-electron chi connectivity index (χ2n) is 10.3. The average molecular weight is 428 g/mol. The van der Waals surface area contributed by atoms with Crippen LogP contribution in [0.2, 0.25) is 0 Å². The smallest absolute Gasteiger partial charge is 0.410 e. The van der Waals surface area contributed by atoms with Crippen molar-refractivity contribution >= 4 is 12.2 Å². The maximum atomic E-state index is 12.2. The Hall–Kier alpha value is -2.07. The number of ether oxygens (including phenoxy) is 2. The van der Waals surface area contributed by atoms with Gasteiger partial charge >= 0.3 is 6.09 Å². The molecule has 0 fully saturated rings. The predicted molar refractivity (Wildman–Crippen MR) is 129 cm³/mol. The Kier molecular flexibility index (Phi) is 8.53. The van der Waals surface area contributed by atoms with Crippen LogP contribution >= 0.6 is 0 Å². The van der Waals surface area contributed by atoms with E-state index in [1.54, 1.807) is 19.1 Å². The van der Waals surface area contributed by atoms with Crippen LogP contribution in [0.5, 0.6) is 0 Å². The van der Waals surface area contributed by atoms with Crippen molar-refractivity contribution in [2.75, 3.05) is 20.7 Å². The van der Waals surface area contributed by atoms with Gasteiger partial charge in [0.05, 0.1) is 6.10 Å². The molecule has 0 spiro atoms. The number of nitrogens with zero attached hydrogens (tertiary/aromatic N) is 1. The van der Waals surface area contributed by atoms with Gasteiger partial charge < -0.3 is 14.4 Å². The van der Waals surface area contributed by atoms with Crippen molar-refractivity contribution in [3.05, 3.63) is 52.6 Å². The Bertz CT molecular complexity index is 814. The number of carbonyl (C=O) groups is 1. The molecule has 1 aromatic rings. The van der Waals surface area contributed by atoms with Gasteiger partial charge in [0.1, 0.15) is 5.60 Å². The zero-order valence-corrected chi connectivity index (χ0v) is 20.7. The van der Waals surface area contributed by atoms with E-state index in [9.17, 15) is 4.79 Å². The Morgan fingerprint density at radius 1 is 1.26 bits per heavy atom. The third-order valence-electron chi connectivity index (χ3n) is 5.98. The Balaban J connectivity index is 2.08. The second-order valence-corrected chi connectivity index (χ2v) is 10.3. The highest BCUT2D eigenvalue weighted by Crippen LogP contribution is 2.41. The summed E-state index contributed by atoms with van der Waals surface area (Å²) in [6, 6.07) is 8.48. The van der Waals surface area contributed by atoms with Crippen LogP contribution in [0.1, 0.15) is 84.5 Å². The van der Waals surface area contributed by atoms with Gasteiger partial charge in [0.15, 0.2) is 0 Å². The molecule has 1 atom stereocenters. The van der Waals surface area contributed by atoms with Crippen LogP contribution in [0, 0.1) is 5.41 Å². The van der Waals surface area contributed by atoms with Crippen LogP contribution < -0.4 is 0 Å². The minimum atomic E-state index is -0.493. The summed E-state index contributed by atoms with van der Waals surface area (Å²) in [6.45, 7) is 13.1. The highest BCUT2D eigenvalue weighted by Gasteiger charge is 2.26. The summed E-state index contributed by atoms with van der Waals surface area (Å²) in [7, 11) is 3.49. The zero-order chi connectivity index (χ0) is 23.2. The first-order valence-corrected chi connectivity index (χ1v) is 11.4. The first-order chi connectivity index (χ1) is 14.4. The Labute approximate surface area is 189 Å². The maximum Gasteiger partial charge on any atom is 0.410 e. The lowest BCUT2D eigenvalue weighted by Gasteiger charge is -2.32. The molecule has 0 radical (unpaired) electrons. The quantitative estimate of drug-likeness (QED) is 0.463. The number of methoxy groups -OCH3 is 1. The molecule has 1 aromatic carbocycles. The predicted octanol–water partition coefficient (Wildman–Crippen LogP) is 7.17. The molecule has 0 saturated carbocycles. The topological polar surface area (TPSA) is 38.8 Å². The molecule has 0 saturated heterocycles. The molecule has 0 heterocycles. The van der Waals surface area contributed by atoms with Crippen LogP contribution in [0.3, 0.4) is 0 Å². The Morgan fingerprint density at radius 3 is 2.58 bits per heavy atom. The van der Waals surface area contributed by atoms with E-state index in [1.807, 2.05) is 20.8 Å². The van der Waals surface area contributed by atoms with Crippen molar-refractivity contribution in [2.45, 2.75) is 78.9 Å². The molecule has 0 N–H and O–H groups in total. The summed E-state index contributed by atoms with van der Waals surface area (Å²) in [5, 5.41) is 0. The third-order valence-corrected chi connectivity index (χ3v) is 5.98. The summed E-state index contributed by atoms with van der Waals surface area (Å²) in [4.78, 5) is 13.8. The largest absolute Gasteiger partial charge is 0.444 e. The van der Waals surface area contributed by atoms with E-state index in [2.05, 4.69) is 57.2 Å². The number of allylic oxidation sites excluding steroid dienone is 3. The van der Waals surface area contributed by atoms with Crippen molar-refractivity contribution in [3.63, 3.8) is 0 Å². The molecule has 172 valence electrons. The van der Waals surface area contributed by atoms with Gasteiger partial charge in [0, 0.05) is 20.7 Å². The minimum Gasteiger partial charge on any atom is -0.444 e. The molecule has 1 unspecified atom stereocenters. The number of hydrogen-bond donors (Lipinski definition) is 0. The van der Waals surface area contributed by atoms with E-state index in [0.717, 1.165) is 5.56 Å². The monoisotopic (exact) mass is 427 g/mol. The second kappa shape index (κ2) is 10.5. The van der Waals surface area contributed by atoms with Gasteiger partial charge in [-0.25, -0.2) is 4.79 Å².